The zero-order chi connectivity index (χ0) is 20.9. The first-order chi connectivity index (χ1) is 13.8. The number of hydrogen-bond acceptors (Lipinski definition) is 5. The Hall–Kier alpha value is -3.39. The number of nitrogens with two attached hydrogens (primary N) is 1. The van der Waals surface area contributed by atoms with Crippen LogP contribution in [0.15, 0.2) is 47.4 Å². The van der Waals surface area contributed by atoms with Gasteiger partial charge in [-0.05, 0) is 49.7 Å². The molecule has 0 bridgehead atoms. The Bertz CT molecular complexity index is 1170. The number of carbonyl (C=O) groups is 1. The molecule has 1 aliphatic heterocycles. The fraction of sp³-hybridized carbons (Fsp3) is 0.238. The van der Waals surface area contributed by atoms with Crippen LogP contribution in [0.5, 0.6) is 5.75 Å². The Labute approximate surface area is 165 Å². The summed E-state index contributed by atoms with van der Waals surface area (Å²) in [4.78, 5) is 26.1. The van der Waals surface area contributed by atoms with Crippen molar-refractivity contribution in [3.8, 4) is 11.4 Å². The number of carboxylic acids is 1. The van der Waals surface area contributed by atoms with Crippen molar-refractivity contribution >= 4 is 22.6 Å². The molecule has 2 aromatic carbocycles. The molecule has 8 heteroatoms. The van der Waals surface area contributed by atoms with E-state index in [4.69, 9.17) is 5.73 Å². The van der Waals surface area contributed by atoms with Crippen LogP contribution in [0.3, 0.4) is 0 Å². The van der Waals surface area contributed by atoms with Gasteiger partial charge in [0, 0.05) is 35.9 Å². The highest BCUT2D eigenvalue weighted by atomic mass is 19.1. The summed E-state index contributed by atoms with van der Waals surface area (Å²) in [6.45, 7) is 2.44. The van der Waals surface area contributed by atoms with Gasteiger partial charge in [0.1, 0.15) is 17.1 Å². The number of carboxylic acid groups (broad SMARTS) is 1. The summed E-state index contributed by atoms with van der Waals surface area (Å²) in [6.07, 6.45) is 1.94. The average Bonchev–Trinajstić information content (AvgIpc) is 3.00. The second-order valence-corrected chi connectivity index (χ2v) is 7.38. The molecule has 2 heterocycles. The van der Waals surface area contributed by atoms with E-state index >= 15 is 0 Å². The van der Waals surface area contributed by atoms with E-state index in [0.717, 1.165) is 12.5 Å². The molecule has 4 N–H and O–H groups in total. The SMILES string of the molecule is C[C@@H]1C[C@H](N)CN1c1cc2c(cc1F)c(=O)c(C(=O)O)cn2-c1ccc(O)cc1. The summed E-state index contributed by atoms with van der Waals surface area (Å²) in [5.41, 5.74) is 6.02. The van der Waals surface area contributed by atoms with Crippen molar-refractivity contribution in [1.82, 2.24) is 4.57 Å². The number of rotatable bonds is 3. The topological polar surface area (TPSA) is 109 Å². The van der Waals surface area contributed by atoms with Gasteiger partial charge in [0.2, 0.25) is 5.43 Å². The molecule has 1 aromatic heterocycles. The highest BCUT2D eigenvalue weighted by Gasteiger charge is 2.29. The number of hydrogen-bond donors (Lipinski definition) is 3. The largest absolute Gasteiger partial charge is 0.508 e. The molecule has 0 saturated carbocycles. The summed E-state index contributed by atoms with van der Waals surface area (Å²) in [6, 6.07) is 8.67. The summed E-state index contributed by atoms with van der Waals surface area (Å²) in [5, 5.41) is 19.0. The Balaban J connectivity index is 2.02. The molecule has 29 heavy (non-hydrogen) atoms. The number of phenolic OH excluding ortho intramolecular Hbond substituents is 1. The van der Waals surface area contributed by atoms with E-state index in [1.165, 1.54) is 22.9 Å². The standard InChI is InChI=1S/C21H20FN3O4/c1-11-6-12(23)9-24(11)19-8-18-15(7-17(19)22)20(27)16(21(28)29)10-25(18)13-2-4-14(26)5-3-13/h2-5,7-8,10-12,26H,6,9,23H2,1H3,(H,28,29)/t11-,12+/m1/s1. The van der Waals surface area contributed by atoms with Crippen molar-refractivity contribution in [1.29, 1.82) is 0 Å². The molecule has 3 aromatic rings. The molecule has 0 aliphatic carbocycles. The molecule has 1 fully saturated rings. The molecular weight excluding hydrogens is 377 g/mol. The maximum atomic E-state index is 15.0. The van der Waals surface area contributed by atoms with Gasteiger partial charge in [-0.1, -0.05) is 0 Å². The Morgan fingerprint density at radius 1 is 1.24 bits per heavy atom. The van der Waals surface area contributed by atoms with Crippen LogP contribution in [-0.4, -0.2) is 39.4 Å². The Morgan fingerprint density at radius 3 is 2.52 bits per heavy atom. The van der Waals surface area contributed by atoms with Crippen LogP contribution in [0, 0.1) is 5.82 Å². The molecule has 7 nitrogen and oxygen atoms in total. The van der Waals surface area contributed by atoms with Crippen LogP contribution in [0.25, 0.3) is 16.6 Å². The number of nitrogens with zero attached hydrogens (tertiary/aromatic N) is 2. The van der Waals surface area contributed by atoms with Gasteiger partial charge in [-0.3, -0.25) is 4.79 Å². The Morgan fingerprint density at radius 2 is 1.93 bits per heavy atom. The van der Waals surface area contributed by atoms with Crippen LogP contribution in [0.2, 0.25) is 0 Å². The van der Waals surface area contributed by atoms with Crippen LogP contribution in [0.4, 0.5) is 10.1 Å². The molecule has 4 rings (SSSR count). The number of aromatic carboxylic acids is 1. The van der Waals surface area contributed by atoms with Gasteiger partial charge in [0.05, 0.1) is 11.2 Å². The monoisotopic (exact) mass is 397 g/mol. The van der Waals surface area contributed by atoms with Crippen molar-refractivity contribution in [3.63, 3.8) is 0 Å². The second kappa shape index (κ2) is 6.89. The van der Waals surface area contributed by atoms with Gasteiger partial charge in [-0.15, -0.1) is 0 Å². The lowest BCUT2D eigenvalue weighted by Gasteiger charge is -2.25. The third-order valence-corrected chi connectivity index (χ3v) is 5.35. The molecular formula is C21H20FN3O4. The number of pyridine rings is 1. The van der Waals surface area contributed by atoms with E-state index < -0.39 is 22.8 Å². The smallest absolute Gasteiger partial charge is 0.341 e. The van der Waals surface area contributed by atoms with Gasteiger partial charge in [0.15, 0.2) is 0 Å². The maximum Gasteiger partial charge on any atom is 0.341 e. The van der Waals surface area contributed by atoms with Gasteiger partial charge in [-0.25, -0.2) is 9.18 Å². The lowest BCUT2D eigenvalue weighted by atomic mass is 10.1. The third kappa shape index (κ3) is 3.21. The van der Waals surface area contributed by atoms with E-state index in [-0.39, 0.29) is 23.2 Å². The second-order valence-electron chi connectivity index (χ2n) is 7.38. The minimum absolute atomic E-state index is 0.0316. The highest BCUT2D eigenvalue weighted by molar-refractivity contribution is 5.94. The summed E-state index contributed by atoms with van der Waals surface area (Å²) >= 11 is 0. The van der Waals surface area contributed by atoms with Gasteiger partial charge in [-0.2, -0.15) is 0 Å². The van der Waals surface area contributed by atoms with Gasteiger partial charge < -0.3 is 25.4 Å². The predicted octanol–water partition coefficient (Wildman–Crippen LogP) is 2.46. The van der Waals surface area contributed by atoms with E-state index in [0.29, 0.717) is 23.4 Å². The van der Waals surface area contributed by atoms with Crippen LogP contribution >= 0.6 is 0 Å². The zero-order valence-corrected chi connectivity index (χ0v) is 15.7. The van der Waals surface area contributed by atoms with E-state index in [1.807, 2.05) is 11.8 Å². The molecule has 1 saturated heterocycles. The van der Waals surface area contributed by atoms with Gasteiger partial charge in [0.25, 0.3) is 0 Å². The number of halogens is 1. The predicted molar refractivity (Wildman–Crippen MR) is 108 cm³/mol. The van der Waals surface area contributed by atoms with Crippen LogP contribution in [0.1, 0.15) is 23.7 Å². The molecule has 1 aliphatic rings. The zero-order valence-electron chi connectivity index (χ0n) is 15.7. The van der Waals surface area contributed by atoms with Crippen LogP contribution < -0.4 is 16.1 Å². The molecule has 2 atom stereocenters. The molecule has 0 unspecified atom stereocenters. The minimum Gasteiger partial charge on any atom is -0.508 e. The van der Waals surface area contributed by atoms with Crippen molar-refractivity contribution in [2.45, 2.75) is 25.4 Å². The highest BCUT2D eigenvalue weighted by Crippen LogP contribution is 2.31. The summed E-state index contributed by atoms with van der Waals surface area (Å²) in [5.74, 6) is -1.95. The normalized spacial score (nSPS) is 19.1. The number of phenols is 1. The number of aromatic nitrogens is 1. The summed E-state index contributed by atoms with van der Waals surface area (Å²) < 4.78 is 16.5. The van der Waals surface area contributed by atoms with E-state index in [1.54, 1.807) is 18.2 Å². The summed E-state index contributed by atoms with van der Waals surface area (Å²) in [7, 11) is 0. The lowest BCUT2D eigenvalue weighted by molar-refractivity contribution is 0.0695. The first kappa shape index (κ1) is 18.9. The first-order valence-corrected chi connectivity index (χ1v) is 9.20. The van der Waals surface area contributed by atoms with E-state index in [2.05, 4.69) is 0 Å². The first-order valence-electron chi connectivity index (χ1n) is 9.20. The maximum absolute atomic E-state index is 15.0. The lowest BCUT2D eigenvalue weighted by Crippen LogP contribution is -2.30. The molecule has 0 spiro atoms. The quantitative estimate of drug-likeness (QED) is 0.627. The van der Waals surface area contributed by atoms with Crippen LogP contribution in [-0.2, 0) is 0 Å². The fourth-order valence-electron chi connectivity index (χ4n) is 3.94. The number of aromatic hydroxyl groups is 1. The average molecular weight is 397 g/mol. The van der Waals surface area contributed by atoms with Crippen molar-refractivity contribution < 1.29 is 19.4 Å². The fourth-order valence-corrected chi connectivity index (χ4v) is 3.94. The molecule has 150 valence electrons. The van der Waals surface area contributed by atoms with Crippen molar-refractivity contribution in [2.75, 3.05) is 11.4 Å². The number of fused-ring (bicyclic) bond motifs is 1. The van der Waals surface area contributed by atoms with Crippen molar-refractivity contribution in [3.05, 3.63) is 64.2 Å². The number of benzene rings is 2. The number of anilines is 1. The van der Waals surface area contributed by atoms with E-state index in [9.17, 15) is 24.2 Å². The Kier molecular flexibility index (Phi) is 4.50. The molecule has 0 amide bonds. The minimum atomic E-state index is -1.40. The third-order valence-electron chi connectivity index (χ3n) is 5.35. The van der Waals surface area contributed by atoms with Gasteiger partial charge >= 0.3 is 5.97 Å². The van der Waals surface area contributed by atoms with Crippen molar-refractivity contribution in [2.24, 2.45) is 5.73 Å². The molecule has 0 radical (unpaired) electrons.